The number of hydrogen-bond donors (Lipinski definition) is 2. The monoisotopic (exact) mass is 209 g/mol. The fourth-order valence-electron chi connectivity index (χ4n) is 1.27. The predicted octanol–water partition coefficient (Wildman–Crippen LogP) is 1.78. The smallest absolute Gasteiger partial charge is 0.354 e. The molecular weight excluding hydrogens is 194 g/mol. The number of rotatable bonds is 5. The fraction of sp³-hybridized carbons (Fsp3) is 0.500. The largest absolute Gasteiger partial charge is 0.477 e. The first-order valence-electron chi connectivity index (χ1n) is 4.96. The van der Waals surface area contributed by atoms with Crippen molar-refractivity contribution in [3.05, 3.63) is 18.0 Å². The van der Waals surface area contributed by atoms with E-state index in [-0.39, 0.29) is 11.7 Å². The van der Waals surface area contributed by atoms with Crippen molar-refractivity contribution in [3.8, 4) is 0 Å². The summed E-state index contributed by atoms with van der Waals surface area (Å²) < 4.78 is 0. The lowest BCUT2D eigenvalue weighted by molar-refractivity contribution is 0.0690. The van der Waals surface area contributed by atoms with Gasteiger partial charge in [-0.15, -0.1) is 0 Å². The summed E-state index contributed by atoms with van der Waals surface area (Å²) in [7, 11) is 0. The molecule has 0 radical (unpaired) electrons. The Morgan fingerprint density at radius 2 is 2.40 bits per heavy atom. The van der Waals surface area contributed by atoms with Crippen molar-refractivity contribution < 1.29 is 9.90 Å². The molecule has 1 rings (SSSR count). The zero-order chi connectivity index (χ0) is 11.3. The lowest BCUT2D eigenvalue weighted by Gasteiger charge is -2.12. The highest BCUT2D eigenvalue weighted by atomic mass is 16.4. The minimum absolute atomic E-state index is 0.0104. The average molecular weight is 209 g/mol. The Balaban J connectivity index is 2.69. The molecule has 1 heterocycles. The molecule has 0 aliphatic rings. The number of carboxylic acids is 1. The molecule has 0 aliphatic carbocycles. The molecule has 1 unspecified atom stereocenters. The van der Waals surface area contributed by atoms with Crippen molar-refractivity contribution in [2.24, 2.45) is 0 Å². The van der Waals surface area contributed by atoms with Crippen molar-refractivity contribution in [1.29, 1.82) is 0 Å². The first-order chi connectivity index (χ1) is 7.13. The van der Waals surface area contributed by atoms with E-state index in [0.29, 0.717) is 5.95 Å². The Morgan fingerprint density at radius 1 is 1.67 bits per heavy atom. The van der Waals surface area contributed by atoms with Crippen LogP contribution < -0.4 is 5.32 Å². The summed E-state index contributed by atoms with van der Waals surface area (Å²) in [6, 6.07) is 1.62. The third-order valence-corrected chi connectivity index (χ3v) is 1.97. The number of hydrogen-bond acceptors (Lipinski definition) is 4. The lowest BCUT2D eigenvalue weighted by Crippen LogP contribution is -2.17. The maximum atomic E-state index is 10.6. The number of nitrogens with one attached hydrogen (secondary N) is 1. The van der Waals surface area contributed by atoms with Gasteiger partial charge in [0.2, 0.25) is 5.95 Å². The first kappa shape index (κ1) is 11.4. The number of aromatic nitrogens is 2. The maximum Gasteiger partial charge on any atom is 0.354 e. The summed E-state index contributed by atoms with van der Waals surface area (Å²) >= 11 is 0. The first-order valence-corrected chi connectivity index (χ1v) is 4.96. The quantitative estimate of drug-likeness (QED) is 0.773. The molecule has 2 N–H and O–H groups in total. The molecule has 1 aromatic rings. The van der Waals surface area contributed by atoms with E-state index in [4.69, 9.17) is 5.11 Å². The third-order valence-electron chi connectivity index (χ3n) is 1.97. The van der Waals surface area contributed by atoms with Gasteiger partial charge < -0.3 is 10.4 Å². The summed E-state index contributed by atoms with van der Waals surface area (Å²) in [5.74, 6) is -0.667. The minimum Gasteiger partial charge on any atom is -0.477 e. The van der Waals surface area contributed by atoms with Crippen molar-refractivity contribution >= 4 is 11.9 Å². The highest BCUT2D eigenvalue weighted by Crippen LogP contribution is 2.05. The van der Waals surface area contributed by atoms with Gasteiger partial charge in [-0.1, -0.05) is 13.3 Å². The van der Waals surface area contributed by atoms with Crippen LogP contribution in [0.3, 0.4) is 0 Å². The van der Waals surface area contributed by atoms with Crippen LogP contribution in [0.1, 0.15) is 37.2 Å². The topological polar surface area (TPSA) is 75.1 Å². The number of anilines is 1. The summed E-state index contributed by atoms with van der Waals surface area (Å²) in [6.45, 7) is 4.10. The number of nitrogens with zero attached hydrogens (tertiary/aromatic N) is 2. The Kier molecular flexibility index (Phi) is 4.03. The van der Waals surface area contributed by atoms with E-state index in [9.17, 15) is 4.79 Å². The van der Waals surface area contributed by atoms with E-state index in [1.807, 2.05) is 6.92 Å². The predicted molar refractivity (Wildman–Crippen MR) is 57.0 cm³/mol. The Morgan fingerprint density at radius 3 is 3.00 bits per heavy atom. The van der Waals surface area contributed by atoms with Crippen LogP contribution in [0.15, 0.2) is 12.3 Å². The van der Waals surface area contributed by atoms with Gasteiger partial charge in [-0.3, -0.25) is 0 Å². The van der Waals surface area contributed by atoms with Crippen LogP contribution in [0.25, 0.3) is 0 Å². The fourth-order valence-corrected chi connectivity index (χ4v) is 1.27. The van der Waals surface area contributed by atoms with Gasteiger partial charge in [0.25, 0.3) is 0 Å². The molecule has 0 aliphatic heterocycles. The van der Waals surface area contributed by atoms with Crippen LogP contribution in [-0.2, 0) is 0 Å². The number of carbonyl (C=O) groups is 1. The Bertz CT molecular complexity index is 341. The van der Waals surface area contributed by atoms with Crippen LogP contribution >= 0.6 is 0 Å². The van der Waals surface area contributed by atoms with Crippen molar-refractivity contribution in [1.82, 2.24) is 9.97 Å². The maximum absolute atomic E-state index is 10.6. The van der Waals surface area contributed by atoms with E-state index in [1.165, 1.54) is 12.3 Å². The van der Waals surface area contributed by atoms with E-state index >= 15 is 0 Å². The molecule has 0 fully saturated rings. The molecule has 0 saturated heterocycles. The van der Waals surface area contributed by atoms with Crippen LogP contribution in [0.4, 0.5) is 5.95 Å². The van der Waals surface area contributed by atoms with Crippen LogP contribution in [0.2, 0.25) is 0 Å². The zero-order valence-corrected chi connectivity index (χ0v) is 8.90. The van der Waals surface area contributed by atoms with Crippen molar-refractivity contribution in [3.63, 3.8) is 0 Å². The van der Waals surface area contributed by atoms with Gasteiger partial charge >= 0.3 is 5.97 Å². The van der Waals surface area contributed by atoms with Gasteiger partial charge in [0.05, 0.1) is 0 Å². The Labute approximate surface area is 88.6 Å². The number of carboxylic acid groups (broad SMARTS) is 1. The summed E-state index contributed by atoms with van der Waals surface area (Å²) in [4.78, 5) is 18.5. The lowest BCUT2D eigenvalue weighted by atomic mass is 10.2. The molecule has 0 spiro atoms. The van der Waals surface area contributed by atoms with Crippen molar-refractivity contribution in [2.45, 2.75) is 32.7 Å². The van der Waals surface area contributed by atoms with Crippen LogP contribution in [0, 0.1) is 0 Å². The average Bonchev–Trinajstić information content (AvgIpc) is 2.18. The van der Waals surface area contributed by atoms with Gasteiger partial charge in [-0.2, -0.15) is 0 Å². The normalized spacial score (nSPS) is 12.1. The molecule has 1 atom stereocenters. The second-order valence-corrected chi connectivity index (χ2v) is 3.40. The van der Waals surface area contributed by atoms with E-state index in [2.05, 4.69) is 22.2 Å². The highest BCUT2D eigenvalue weighted by molar-refractivity contribution is 5.85. The molecule has 82 valence electrons. The van der Waals surface area contributed by atoms with Gasteiger partial charge in [-0.25, -0.2) is 14.8 Å². The molecule has 5 heteroatoms. The van der Waals surface area contributed by atoms with Crippen molar-refractivity contribution in [2.75, 3.05) is 5.32 Å². The van der Waals surface area contributed by atoms with E-state index in [1.54, 1.807) is 0 Å². The third kappa shape index (κ3) is 3.53. The van der Waals surface area contributed by atoms with Crippen LogP contribution in [-0.4, -0.2) is 27.1 Å². The number of aromatic carboxylic acids is 1. The summed E-state index contributed by atoms with van der Waals surface area (Å²) in [5.41, 5.74) is 0.0104. The molecule has 15 heavy (non-hydrogen) atoms. The highest BCUT2D eigenvalue weighted by Gasteiger charge is 2.07. The SMILES string of the molecule is CCCC(C)Nc1nccc(C(=O)O)n1. The van der Waals surface area contributed by atoms with Gasteiger partial charge in [0, 0.05) is 12.2 Å². The van der Waals surface area contributed by atoms with Gasteiger partial charge in [-0.05, 0) is 19.4 Å². The van der Waals surface area contributed by atoms with E-state index in [0.717, 1.165) is 12.8 Å². The molecular formula is C10H15N3O2. The second-order valence-electron chi connectivity index (χ2n) is 3.40. The summed E-state index contributed by atoms with van der Waals surface area (Å²) in [6.07, 6.45) is 3.50. The molecule has 0 aromatic carbocycles. The molecule has 0 amide bonds. The van der Waals surface area contributed by atoms with E-state index < -0.39 is 5.97 Å². The van der Waals surface area contributed by atoms with Gasteiger partial charge in [0.15, 0.2) is 5.69 Å². The van der Waals surface area contributed by atoms with Gasteiger partial charge in [0.1, 0.15) is 0 Å². The summed E-state index contributed by atoms with van der Waals surface area (Å²) in [5, 5.41) is 11.8. The molecule has 5 nitrogen and oxygen atoms in total. The molecule has 1 aromatic heterocycles. The minimum atomic E-state index is -1.04. The molecule has 0 bridgehead atoms. The standard InChI is InChI=1S/C10H15N3O2/c1-3-4-7(2)12-10-11-6-5-8(13-10)9(14)15/h5-7H,3-4H2,1-2H3,(H,14,15)(H,11,12,13). The Hall–Kier alpha value is -1.65. The van der Waals surface area contributed by atoms with Crippen LogP contribution in [0.5, 0.6) is 0 Å². The zero-order valence-electron chi connectivity index (χ0n) is 8.90. The second kappa shape index (κ2) is 5.29. The molecule has 0 saturated carbocycles.